The Labute approximate surface area is 128 Å². The molecular weight excluding hydrogens is 312 g/mol. The maximum atomic E-state index is 12.8. The van der Waals surface area contributed by atoms with Crippen molar-refractivity contribution in [2.24, 2.45) is 5.73 Å². The third-order valence-electron chi connectivity index (χ3n) is 4.71. The van der Waals surface area contributed by atoms with Crippen LogP contribution in [0.1, 0.15) is 45.4 Å². The van der Waals surface area contributed by atoms with Crippen LogP contribution in [0.5, 0.6) is 0 Å². The topological polar surface area (TPSA) is 97.5 Å². The van der Waals surface area contributed by atoms with Crippen LogP contribution in [0, 0.1) is 0 Å². The molecule has 2 fully saturated rings. The molecule has 2 rings (SSSR count). The summed E-state index contributed by atoms with van der Waals surface area (Å²) in [5, 5.41) is -0.545. The molecule has 1 saturated heterocycles. The summed E-state index contributed by atoms with van der Waals surface area (Å²) < 4.78 is 50.2. The Morgan fingerprint density at radius 3 is 2.05 bits per heavy atom. The van der Waals surface area contributed by atoms with Crippen molar-refractivity contribution in [1.82, 2.24) is 4.31 Å². The van der Waals surface area contributed by atoms with Crippen LogP contribution in [0.3, 0.4) is 0 Å². The summed E-state index contributed by atoms with van der Waals surface area (Å²) in [4.78, 5) is 0. The van der Waals surface area contributed by atoms with E-state index in [1.807, 2.05) is 6.92 Å². The minimum Gasteiger partial charge on any atom is -0.328 e. The fourth-order valence-corrected chi connectivity index (χ4v) is 7.38. The smallest absolute Gasteiger partial charge is 0.217 e. The Kier molecular flexibility index (Phi) is 5.33. The monoisotopic (exact) mass is 338 g/mol. The second kappa shape index (κ2) is 6.52. The highest BCUT2D eigenvalue weighted by atomic mass is 32.2. The zero-order chi connectivity index (χ0) is 15.7. The molecule has 0 bridgehead atoms. The van der Waals surface area contributed by atoms with Crippen molar-refractivity contribution in [2.75, 3.05) is 18.1 Å². The maximum Gasteiger partial charge on any atom is 0.217 e. The van der Waals surface area contributed by atoms with Gasteiger partial charge in [-0.2, -0.15) is 4.31 Å². The van der Waals surface area contributed by atoms with Gasteiger partial charge in [0.15, 0.2) is 0 Å². The zero-order valence-electron chi connectivity index (χ0n) is 12.6. The Morgan fingerprint density at radius 1 is 1.05 bits per heavy atom. The van der Waals surface area contributed by atoms with Crippen LogP contribution in [0.25, 0.3) is 0 Å². The first-order valence-corrected chi connectivity index (χ1v) is 11.1. The fourth-order valence-electron chi connectivity index (χ4n) is 3.39. The van der Waals surface area contributed by atoms with Crippen molar-refractivity contribution >= 4 is 19.9 Å². The first kappa shape index (κ1) is 17.2. The second-order valence-electron chi connectivity index (χ2n) is 6.17. The largest absolute Gasteiger partial charge is 0.328 e. The zero-order valence-corrected chi connectivity index (χ0v) is 14.2. The molecule has 0 spiro atoms. The van der Waals surface area contributed by atoms with Gasteiger partial charge in [-0.15, -0.1) is 0 Å². The van der Waals surface area contributed by atoms with E-state index in [4.69, 9.17) is 5.73 Å². The quantitative estimate of drug-likeness (QED) is 0.804. The van der Waals surface area contributed by atoms with E-state index in [-0.39, 0.29) is 36.4 Å². The van der Waals surface area contributed by atoms with Gasteiger partial charge < -0.3 is 5.73 Å². The molecule has 2 N–H and O–H groups in total. The van der Waals surface area contributed by atoms with Crippen LogP contribution < -0.4 is 5.73 Å². The number of hydrogen-bond acceptors (Lipinski definition) is 5. The van der Waals surface area contributed by atoms with Gasteiger partial charge in [0.2, 0.25) is 10.0 Å². The number of nitrogens with zero attached hydrogens (tertiary/aromatic N) is 1. The van der Waals surface area contributed by atoms with Gasteiger partial charge in [-0.05, 0) is 38.5 Å². The van der Waals surface area contributed by atoms with Crippen LogP contribution in [0.15, 0.2) is 0 Å². The minimum absolute atomic E-state index is 0.00993. The molecule has 0 aromatic rings. The Bertz CT molecular complexity index is 537. The van der Waals surface area contributed by atoms with Gasteiger partial charge in [0.05, 0.1) is 16.8 Å². The van der Waals surface area contributed by atoms with Gasteiger partial charge in [0.1, 0.15) is 9.84 Å². The van der Waals surface area contributed by atoms with Crippen LogP contribution in [0.2, 0.25) is 0 Å². The number of hydrogen-bond donors (Lipinski definition) is 1. The molecule has 0 unspecified atom stereocenters. The Hall–Kier alpha value is -0.180. The molecule has 0 radical (unpaired) electrons. The number of rotatable bonds is 4. The normalized spacial score (nSPS) is 31.4. The van der Waals surface area contributed by atoms with Crippen LogP contribution in [-0.4, -0.2) is 56.5 Å². The molecule has 2 aliphatic rings. The predicted octanol–water partition coefficient (Wildman–Crippen LogP) is 0.485. The molecule has 1 saturated carbocycles. The van der Waals surface area contributed by atoms with Crippen LogP contribution in [-0.2, 0) is 19.9 Å². The number of nitrogens with two attached hydrogens (primary N) is 1. The highest BCUT2D eigenvalue weighted by Gasteiger charge is 2.39. The van der Waals surface area contributed by atoms with Gasteiger partial charge >= 0.3 is 0 Å². The first-order valence-electron chi connectivity index (χ1n) is 7.73. The number of sulfone groups is 1. The van der Waals surface area contributed by atoms with Gasteiger partial charge in [-0.3, -0.25) is 0 Å². The van der Waals surface area contributed by atoms with Crippen molar-refractivity contribution in [3.8, 4) is 0 Å². The molecule has 1 aliphatic heterocycles. The highest BCUT2D eigenvalue weighted by Crippen LogP contribution is 2.29. The lowest BCUT2D eigenvalue weighted by molar-refractivity contribution is 0.244. The lowest BCUT2D eigenvalue weighted by Crippen LogP contribution is -2.49. The highest BCUT2D eigenvalue weighted by molar-refractivity contribution is 7.92. The van der Waals surface area contributed by atoms with Gasteiger partial charge in [0, 0.05) is 18.6 Å². The molecule has 124 valence electrons. The summed E-state index contributed by atoms with van der Waals surface area (Å²) in [6.45, 7) is 2.30. The van der Waals surface area contributed by atoms with Crippen molar-refractivity contribution in [3.05, 3.63) is 0 Å². The van der Waals surface area contributed by atoms with E-state index >= 15 is 0 Å². The van der Waals surface area contributed by atoms with Crippen molar-refractivity contribution in [2.45, 2.75) is 62.8 Å². The second-order valence-corrected chi connectivity index (χ2v) is 10.6. The molecule has 0 amide bonds. The average Bonchev–Trinajstić information content (AvgIpc) is 2.41. The summed E-state index contributed by atoms with van der Waals surface area (Å²) in [7, 11) is -6.45. The molecule has 21 heavy (non-hydrogen) atoms. The third kappa shape index (κ3) is 3.97. The molecule has 0 aromatic heterocycles. The lowest BCUT2D eigenvalue weighted by atomic mass is 9.92. The summed E-state index contributed by atoms with van der Waals surface area (Å²) in [6, 6.07) is 0.209. The molecule has 8 heteroatoms. The van der Waals surface area contributed by atoms with E-state index in [2.05, 4.69) is 0 Å². The summed E-state index contributed by atoms with van der Waals surface area (Å²) in [5.74, 6) is -0.0199. The van der Waals surface area contributed by atoms with E-state index in [1.54, 1.807) is 4.31 Å². The van der Waals surface area contributed by atoms with E-state index in [0.717, 1.165) is 25.7 Å². The molecule has 1 heterocycles. The lowest BCUT2D eigenvalue weighted by Gasteiger charge is -2.37. The summed E-state index contributed by atoms with van der Waals surface area (Å²) in [6.07, 6.45) is 3.78. The van der Waals surface area contributed by atoms with E-state index in [9.17, 15) is 16.8 Å². The minimum atomic E-state index is -3.41. The Balaban J connectivity index is 2.09. The van der Waals surface area contributed by atoms with Gasteiger partial charge in [-0.25, -0.2) is 16.8 Å². The van der Waals surface area contributed by atoms with E-state index in [0.29, 0.717) is 6.54 Å². The van der Waals surface area contributed by atoms with Crippen molar-refractivity contribution in [3.63, 3.8) is 0 Å². The van der Waals surface area contributed by atoms with Crippen LogP contribution in [0.4, 0.5) is 0 Å². The standard InChI is InChI=1S/C13H26N2O4S2/c1-2-15(12-5-3-11(14)4-6-12)21(18,19)13-7-9-20(16,17)10-8-13/h11-13H,2-10,14H2,1H3. The molecule has 1 aliphatic carbocycles. The Morgan fingerprint density at radius 2 is 1.57 bits per heavy atom. The SMILES string of the molecule is CCN(C1CCC(N)CC1)S(=O)(=O)C1CCS(=O)(=O)CC1. The van der Waals surface area contributed by atoms with Crippen molar-refractivity contribution in [1.29, 1.82) is 0 Å². The molecule has 0 atom stereocenters. The fraction of sp³-hybridized carbons (Fsp3) is 1.00. The number of sulfonamides is 1. The van der Waals surface area contributed by atoms with Crippen LogP contribution >= 0.6 is 0 Å². The summed E-state index contributed by atoms with van der Waals surface area (Å²) in [5.41, 5.74) is 5.89. The average molecular weight is 338 g/mol. The first-order chi connectivity index (χ1) is 9.76. The van der Waals surface area contributed by atoms with Gasteiger partial charge in [-0.1, -0.05) is 6.92 Å². The summed E-state index contributed by atoms with van der Waals surface area (Å²) >= 11 is 0. The van der Waals surface area contributed by atoms with Crippen molar-refractivity contribution < 1.29 is 16.8 Å². The maximum absolute atomic E-state index is 12.8. The third-order valence-corrected chi connectivity index (χ3v) is 8.95. The molecule has 0 aromatic carbocycles. The van der Waals surface area contributed by atoms with E-state index in [1.165, 1.54) is 0 Å². The van der Waals surface area contributed by atoms with E-state index < -0.39 is 25.1 Å². The van der Waals surface area contributed by atoms with Gasteiger partial charge in [0.25, 0.3) is 0 Å². The molecular formula is C13H26N2O4S2. The molecule has 6 nitrogen and oxygen atoms in total. The predicted molar refractivity (Wildman–Crippen MR) is 83.2 cm³/mol.